The Bertz CT molecular complexity index is 624. The van der Waals surface area contributed by atoms with Crippen LogP contribution in [0.2, 0.25) is 0 Å². The molecule has 0 amide bonds. The number of hydrogen-bond acceptors (Lipinski definition) is 1. The Kier molecular flexibility index (Phi) is 2.00. The topological polar surface area (TPSA) is 17.3 Å². The Labute approximate surface area is 94.2 Å². The summed E-state index contributed by atoms with van der Waals surface area (Å²) >= 11 is 0. The Hall–Kier alpha value is -2.09. The summed E-state index contributed by atoms with van der Waals surface area (Å²) in [5.41, 5.74) is 4.60. The maximum atomic E-state index is 4.56. The van der Waals surface area contributed by atoms with E-state index in [1.54, 1.807) is 0 Å². The number of hydrogen-bond donors (Lipinski definition) is 0. The SMILES string of the molecule is Cc1cccn2nc(-c3ccccc3)cc12. The Balaban J connectivity index is 2.23. The molecule has 0 saturated carbocycles. The summed E-state index contributed by atoms with van der Waals surface area (Å²) in [5.74, 6) is 0. The summed E-state index contributed by atoms with van der Waals surface area (Å²) in [4.78, 5) is 0. The summed E-state index contributed by atoms with van der Waals surface area (Å²) in [7, 11) is 0. The molecular weight excluding hydrogens is 196 g/mol. The summed E-state index contributed by atoms with van der Waals surface area (Å²) in [5, 5.41) is 4.56. The molecule has 3 rings (SSSR count). The van der Waals surface area contributed by atoms with E-state index in [0.717, 1.165) is 11.3 Å². The van der Waals surface area contributed by atoms with Crippen LogP contribution >= 0.6 is 0 Å². The predicted molar refractivity (Wildman–Crippen MR) is 65.4 cm³/mol. The second kappa shape index (κ2) is 3.49. The smallest absolute Gasteiger partial charge is 0.0933 e. The maximum Gasteiger partial charge on any atom is 0.0933 e. The fourth-order valence-corrected chi connectivity index (χ4v) is 1.91. The van der Waals surface area contributed by atoms with Gasteiger partial charge in [0.05, 0.1) is 11.2 Å². The van der Waals surface area contributed by atoms with Crippen molar-refractivity contribution in [1.29, 1.82) is 0 Å². The second-order valence-electron chi connectivity index (χ2n) is 3.92. The Morgan fingerprint density at radius 3 is 2.56 bits per heavy atom. The lowest BCUT2D eigenvalue weighted by Crippen LogP contribution is -1.87. The zero-order valence-electron chi connectivity index (χ0n) is 9.09. The van der Waals surface area contributed by atoms with Crippen LogP contribution in [0.1, 0.15) is 5.56 Å². The highest BCUT2D eigenvalue weighted by Crippen LogP contribution is 2.20. The van der Waals surface area contributed by atoms with E-state index in [9.17, 15) is 0 Å². The molecule has 0 aliphatic carbocycles. The number of fused-ring (bicyclic) bond motifs is 1. The molecule has 2 nitrogen and oxygen atoms in total. The van der Waals surface area contributed by atoms with Crippen molar-refractivity contribution in [3.63, 3.8) is 0 Å². The van der Waals surface area contributed by atoms with Crippen molar-refractivity contribution in [1.82, 2.24) is 9.61 Å². The first kappa shape index (κ1) is 9.16. The van der Waals surface area contributed by atoms with Crippen LogP contribution in [0.3, 0.4) is 0 Å². The molecule has 78 valence electrons. The molecule has 0 spiro atoms. The van der Waals surface area contributed by atoms with E-state index in [1.165, 1.54) is 11.1 Å². The van der Waals surface area contributed by atoms with Crippen LogP contribution in [-0.4, -0.2) is 9.61 Å². The lowest BCUT2D eigenvalue weighted by Gasteiger charge is -1.94. The molecule has 16 heavy (non-hydrogen) atoms. The number of benzene rings is 1. The van der Waals surface area contributed by atoms with Gasteiger partial charge in [0.25, 0.3) is 0 Å². The van der Waals surface area contributed by atoms with Crippen LogP contribution in [0.4, 0.5) is 0 Å². The third-order valence-corrected chi connectivity index (χ3v) is 2.78. The maximum absolute atomic E-state index is 4.56. The number of rotatable bonds is 1. The average Bonchev–Trinajstić information content (AvgIpc) is 2.76. The summed E-state index contributed by atoms with van der Waals surface area (Å²) in [6, 6.07) is 16.5. The first-order valence-corrected chi connectivity index (χ1v) is 5.35. The summed E-state index contributed by atoms with van der Waals surface area (Å²) in [6.07, 6.45) is 1.98. The van der Waals surface area contributed by atoms with E-state index in [4.69, 9.17) is 0 Å². The zero-order chi connectivity index (χ0) is 11.0. The number of aromatic nitrogens is 2. The Morgan fingerprint density at radius 1 is 1.00 bits per heavy atom. The van der Waals surface area contributed by atoms with Crippen LogP contribution < -0.4 is 0 Å². The highest BCUT2D eigenvalue weighted by Gasteiger charge is 2.04. The Morgan fingerprint density at radius 2 is 1.81 bits per heavy atom. The lowest BCUT2D eigenvalue weighted by molar-refractivity contribution is 0.960. The van der Waals surface area contributed by atoms with E-state index < -0.39 is 0 Å². The fraction of sp³-hybridized carbons (Fsp3) is 0.0714. The molecule has 0 N–H and O–H groups in total. The van der Waals surface area contributed by atoms with Crippen LogP contribution in [-0.2, 0) is 0 Å². The number of nitrogens with zero attached hydrogens (tertiary/aromatic N) is 2. The van der Waals surface area contributed by atoms with Crippen molar-refractivity contribution in [3.05, 3.63) is 60.3 Å². The molecule has 3 aromatic rings. The lowest BCUT2D eigenvalue weighted by atomic mass is 10.1. The van der Waals surface area contributed by atoms with Gasteiger partial charge in [-0.1, -0.05) is 36.4 Å². The molecule has 0 aliphatic heterocycles. The summed E-state index contributed by atoms with van der Waals surface area (Å²) in [6.45, 7) is 2.10. The number of pyridine rings is 1. The van der Waals surface area contributed by atoms with Crippen LogP contribution in [0, 0.1) is 6.92 Å². The molecule has 0 fully saturated rings. The molecule has 0 atom stereocenters. The van der Waals surface area contributed by atoms with Gasteiger partial charge in [0, 0.05) is 11.8 Å². The first-order valence-electron chi connectivity index (χ1n) is 5.35. The van der Waals surface area contributed by atoms with Crippen LogP contribution in [0.15, 0.2) is 54.7 Å². The van der Waals surface area contributed by atoms with Crippen molar-refractivity contribution < 1.29 is 0 Å². The molecule has 2 heterocycles. The van der Waals surface area contributed by atoms with E-state index in [-0.39, 0.29) is 0 Å². The summed E-state index contributed by atoms with van der Waals surface area (Å²) < 4.78 is 1.93. The monoisotopic (exact) mass is 208 g/mol. The second-order valence-corrected chi connectivity index (χ2v) is 3.92. The van der Waals surface area contributed by atoms with Crippen molar-refractivity contribution in [2.45, 2.75) is 6.92 Å². The third-order valence-electron chi connectivity index (χ3n) is 2.78. The van der Waals surface area contributed by atoms with Crippen LogP contribution in [0.5, 0.6) is 0 Å². The van der Waals surface area contributed by atoms with Crippen molar-refractivity contribution in [2.24, 2.45) is 0 Å². The van der Waals surface area contributed by atoms with Gasteiger partial charge in [-0.2, -0.15) is 5.10 Å². The van der Waals surface area contributed by atoms with Crippen molar-refractivity contribution in [3.8, 4) is 11.3 Å². The molecule has 2 aromatic heterocycles. The van der Waals surface area contributed by atoms with Gasteiger partial charge < -0.3 is 0 Å². The molecule has 0 bridgehead atoms. The molecule has 0 saturated heterocycles. The average molecular weight is 208 g/mol. The van der Waals surface area contributed by atoms with Gasteiger partial charge in [0.15, 0.2) is 0 Å². The fourth-order valence-electron chi connectivity index (χ4n) is 1.91. The minimum Gasteiger partial charge on any atom is -0.240 e. The molecule has 0 radical (unpaired) electrons. The quantitative estimate of drug-likeness (QED) is 0.599. The molecular formula is C14H12N2. The van der Waals surface area contributed by atoms with Gasteiger partial charge in [0.2, 0.25) is 0 Å². The minimum atomic E-state index is 1.02. The van der Waals surface area contributed by atoms with Gasteiger partial charge in [-0.05, 0) is 24.6 Å². The third kappa shape index (κ3) is 1.39. The standard InChI is InChI=1S/C14H12N2/c1-11-6-5-9-16-14(11)10-13(15-16)12-7-3-2-4-8-12/h2-10H,1H3. The van der Waals surface area contributed by atoms with Crippen LogP contribution in [0.25, 0.3) is 16.8 Å². The van der Waals surface area contributed by atoms with Gasteiger partial charge in [0.1, 0.15) is 0 Å². The van der Waals surface area contributed by atoms with E-state index in [2.05, 4.69) is 36.3 Å². The highest BCUT2D eigenvalue weighted by atomic mass is 15.2. The predicted octanol–water partition coefficient (Wildman–Crippen LogP) is 3.31. The molecule has 0 aliphatic rings. The van der Waals surface area contributed by atoms with E-state index >= 15 is 0 Å². The molecule has 0 unspecified atom stereocenters. The minimum absolute atomic E-state index is 1.02. The van der Waals surface area contributed by atoms with Gasteiger partial charge in [-0.25, -0.2) is 4.52 Å². The molecule has 2 heteroatoms. The zero-order valence-corrected chi connectivity index (χ0v) is 9.09. The number of aryl methyl sites for hydroxylation is 1. The normalized spacial score (nSPS) is 10.8. The van der Waals surface area contributed by atoms with E-state index in [1.807, 2.05) is 35.0 Å². The van der Waals surface area contributed by atoms with Crippen molar-refractivity contribution in [2.75, 3.05) is 0 Å². The van der Waals surface area contributed by atoms with Gasteiger partial charge >= 0.3 is 0 Å². The van der Waals surface area contributed by atoms with E-state index in [0.29, 0.717) is 0 Å². The molecule has 1 aromatic carbocycles. The first-order chi connectivity index (χ1) is 7.84. The van der Waals surface area contributed by atoms with Gasteiger partial charge in [-0.3, -0.25) is 0 Å². The van der Waals surface area contributed by atoms with Crippen molar-refractivity contribution >= 4 is 5.52 Å². The van der Waals surface area contributed by atoms with Gasteiger partial charge in [-0.15, -0.1) is 0 Å². The highest BCUT2D eigenvalue weighted by molar-refractivity contribution is 5.67. The largest absolute Gasteiger partial charge is 0.240 e.